The van der Waals surface area contributed by atoms with Crippen LogP contribution in [-0.4, -0.2) is 24.1 Å². The van der Waals surface area contributed by atoms with E-state index in [1.807, 2.05) is 11.2 Å². The van der Waals surface area contributed by atoms with E-state index in [4.69, 9.17) is 11.6 Å². The lowest BCUT2D eigenvalue weighted by molar-refractivity contribution is 0.388. The van der Waals surface area contributed by atoms with E-state index >= 15 is 0 Å². The third-order valence-electron chi connectivity index (χ3n) is 1.51. The van der Waals surface area contributed by atoms with E-state index in [1.54, 1.807) is 6.21 Å². The molecular weight excluding hydrogens is 150 g/mol. The number of hydrazone groups is 1. The lowest BCUT2D eigenvalue weighted by Gasteiger charge is -2.17. The molecule has 52 valence electrons. The second-order valence-corrected chi connectivity index (χ2v) is 2.56. The van der Waals surface area contributed by atoms with Crippen molar-refractivity contribution >= 4 is 24.0 Å². The Bertz CT molecular complexity index is 241. The molecule has 2 aliphatic heterocycles. The van der Waals surface area contributed by atoms with Gasteiger partial charge in [0, 0.05) is 18.9 Å². The van der Waals surface area contributed by atoms with Gasteiger partial charge in [0.15, 0.2) is 0 Å². The average molecular weight is 156 g/mol. The summed E-state index contributed by atoms with van der Waals surface area (Å²) in [5, 5.41) is 6.58. The number of halogens is 1. The summed E-state index contributed by atoms with van der Waals surface area (Å²) in [6.45, 7) is 0.613. The van der Waals surface area contributed by atoms with Crippen LogP contribution < -0.4 is 0 Å². The summed E-state index contributed by atoms with van der Waals surface area (Å²) >= 11 is 5.83. The number of nitrogens with zero attached hydrogens (tertiary/aromatic N) is 3. The fourth-order valence-corrected chi connectivity index (χ4v) is 1.26. The van der Waals surface area contributed by atoms with Gasteiger partial charge < -0.3 is 0 Å². The molecular formula is C6H6ClN3. The fourth-order valence-electron chi connectivity index (χ4n) is 1.02. The van der Waals surface area contributed by atoms with Gasteiger partial charge in [-0.1, -0.05) is 11.6 Å². The monoisotopic (exact) mass is 155 g/mol. The maximum absolute atomic E-state index is 5.83. The Labute approximate surface area is 63.7 Å². The van der Waals surface area contributed by atoms with Gasteiger partial charge in [0.1, 0.15) is 6.67 Å². The first-order valence-electron chi connectivity index (χ1n) is 3.06. The molecule has 0 spiro atoms. The number of hydrogen-bond acceptors (Lipinski definition) is 3. The summed E-state index contributed by atoms with van der Waals surface area (Å²) in [4.78, 5) is 4.00. The molecule has 0 radical (unpaired) electrons. The third-order valence-corrected chi connectivity index (χ3v) is 1.83. The van der Waals surface area contributed by atoms with Crippen LogP contribution >= 0.6 is 11.6 Å². The predicted octanol–water partition coefficient (Wildman–Crippen LogP) is 1.17. The van der Waals surface area contributed by atoms with E-state index in [2.05, 4.69) is 10.1 Å². The molecule has 2 aliphatic rings. The number of hydrogen-bond donors (Lipinski definition) is 0. The summed E-state index contributed by atoms with van der Waals surface area (Å²) in [5.74, 6) is 0. The molecule has 3 nitrogen and oxygen atoms in total. The summed E-state index contributed by atoms with van der Waals surface area (Å²) in [7, 11) is 0. The zero-order chi connectivity index (χ0) is 6.97. The Balaban J connectivity index is 2.38. The summed E-state index contributed by atoms with van der Waals surface area (Å²) < 4.78 is 0. The number of allylic oxidation sites excluding steroid dienone is 2. The van der Waals surface area contributed by atoms with Gasteiger partial charge in [0.25, 0.3) is 0 Å². The van der Waals surface area contributed by atoms with E-state index in [0.717, 1.165) is 12.1 Å². The highest BCUT2D eigenvalue weighted by Crippen LogP contribution is 2.23. The number of fused-ring (bicyclic) bond motifs is 1. The van der Waals surface area contributed by atoms with Crippen LogP contribution in [0.5, 0.6) is 0 Å². The Morgan fingerprint density at radius 1 is 1.60 bits per heavy atom. The third kappa shape index (κ3) is 0.743. The van der Waals surface area contributed by atoms with Gasteiger partial charge in [-0.25, -0.2) is 5.01 Å². The SMILES string of the molecule is ClC1=C2CC=NN2CN=C1. The molecule has 2 rings (SSSR count). The standard InChI is InChI=1S/C6H6ClN3/c7-5-3-8-4-10-6(5)1-2-9-10/h2-3H,1,4H2. The molecule has 0 saturated heterocycles. The molecule has 4 heteroatoms. The Morgan fingerprint density at radius 3 is 3.30 bits per heavy atom. The van der Waals surface area contributed by atoms with Gasteiger partial charge in [0.05, 0.1) is 10.7 Å². The second kappa shape index (κ2) is 2.09. The highest BCUT2D eigenvalue weighted by atomic mass is 35.5. The minimum atomic E-state index is 0.613. The van der Waals surface area contributed by atoms with Crippen LogP contribution in [0.3, 0.4) is 0 Å². The van der Waals surface area contributed by atoms with E-state index in [1.165, 1.54) is 0 Å². The van der Waals surface area contributed by atoms with Crippen molar-refractivity contribution in [3.8, 4) is 0 Å². The van der Waals surface area contributed by atoms with Crippen molar-refractivity contribution < 1.29 is 0 Å². The quantitative estimate of drug-likeness (QED) is 0.516. The highest BCUT2D eigenvalue weighted by Gasteiger charge is 2.18. The van der Waals surface area contributed by atoms with E-state index < -0.39 is 0 Å². The predicted molar refractivity (Wildman–Crippen MR) is 41.2 cm³/mol. The molecule has 10 heavy (non-hydrogen) atoms. The van der Waals surface area contributed by atoms with Crippen LogP contribution in [0.25, 0.3) is 0 Å². The largest absolute Gasteiger partial charge is 0.268 e. The van der Waals surface area contributed by atoms with Crippen LogP contribution in [0.1, 0.15) is 6.42 Å². The fraction of sp³-hybridized carbons (Fsp3) is 0.333. The Hall–Kier alpha value is -0.830. The molecule has 2 heterocycles. The van der Waals surface area contributed by atoms with Crippen LogP contribution in [0.4, 0.5) is 0 Å². The average Bonchev–Trinajstić information content (AvgIpc) is 2.36. The first-order valence-corrected chi connectivity index (χ1v) is 3.44. The lowest BCUT2D eigenvalue weighted by atomic mass is 10.3. The zero-order valence-electron chi connectivity index (χ0n) is 5.29. The van der Waals surface area contributed by atoms with E-state index in [9.17, 15) is 0 Å². The van der Waals surface area contributed by atoms with Crippen molar-refractivity contribution in [2.24, 2.45) is 10.1 Å². The molecule has 0 atom stereocenters. The van der Waals surface area contributed by atoms with Crippen molar-refractivity contribution in [3.05, 3.63) is 10.7 Å². The lowest BCUT2D eigenvalue weighted by Crippen LogP contribution is -2.17. The van der Waals surface area contributed by atoms with Gasteiger partial charge in [-0.05, 0) is 0 Å². The first kappa shape index (κ1) is 5.92. The van der Waals surface area contributed by atoms with Gasteiger partial charge in [-0.15, -0.1) is 0 Å². The number of aliphatic imine (C=N–C) groups is 1. The van der Waals surface area contributed by atoms with Gasteiger partial charge in [-0.3, -0.25) is 4.99 Å². The maximum atomic E-state index is 5.83. The van der Waals surface area contributed by atoms with Crippen molar-refractivity contribution in [1.29, 1.82) is 0 Å². The van der Waals surface area contributed by atoms with Crippen molar-refractivity contribution in [3.63, 3.8) is 0 Å². The van der Waals surface area contributed by atoms with Gasteiger partial charge >= 0.3 is 0 Å². The zero-order valence-corrected chi connectivity index (χ0v) is 6.04. The number of rotatable bonds is 0. The summed E-state index contributed by atoms with van der Waals surface area (Å²) in [6.07, 6.45) is 4.36. The molecule has 0 amide bonds. The van der Waals surface area contributed by atoms with Crippen LogP contribution in [0, 0.1) is 0 Å². The maximum Gasteiger partial charge on any atom is 0.131 e. The molecule has 0 saturated carbocycles. The Morgan fingerprint density at radius 2 is 2.50 bits per heavy atom. The minimum Gasteiger partial charge on any atom is -0.268 e. The first-order chi connectivity index (χ1) is 4.88. The van der Waals surface area contributed by atoms with Crippen molar-refractivity contribution in [2.45, 2.75) is 6.42 Å². The molecule has 0 aliphatic carbocycles. The molecule has 0 N–H and O–H groups in total. The van der Waals surface area contributed by atoms with Crippen LogP contribution in [0.2, 0.25) is 0 Å². The summed E-state index contributed by atoms with van der Waals surface area (Å²) in [6, 6.07) is 0. The molecule has 0 unspecified atom stereocenters. The topological polar surface area (TPSA) is 28.0 Å². The Kier molecular flexibility index (Phi) is 1.24. The van der Waals surface area contributed by atoms with Crippen molar-refractivity contribution in [2.75, 3.05) is 6.67 Å². The van der Waals surface area contributed by atoms with Crippen LogP contribution in [-0.2, 0) is 0 Å². The van der Waals surface area contributed by atoms with E-state index in [-0.39, 0.29) is 0 Å². The minimum absolute atomic E-state index is 0.613. The van der Waals surface area contributed by atoms with E-state index in [0.29, 0.717) is 11.7 Å². The van der Waals surface area contributed by atoms with Crippen LogP contribution in [0.15, 0.2) is 20.8 Å². The molecule has 0 aromatic rings. The molecule has 0 aromatic carbocycles. The molecule has 0 bridgehead atoms. The smallest absolute Gasteiger partial charge is 0.131 e. The highest BCUT2D eigenvalue weighted by molar-refractivity contribution is 6.39. The van der Waals surface area contributed by atoms with Gasteiger partial charge in [-0.2, -0.15) is 5.10 Å². The van der Waals surface area contributed by atoms with Crippen molar-refractivity contribution in [1.82, 2.24) is 5.01 Å². The molecule has 0 fully saturated rings. The molecule has 0 aromatic heterocycles. The second-order valence-electron chi connectivity index (χ2n) is 2.15. The normalized spacial score (nSPS) is 22.3. The van der Waals surface area contributed by atoms with Gasteiger partial charge in [0.2, 0.25) is 0 Å². The summed E-state index contributed by atoms with van der Waals surface area (Å²) in [5.41, 5.74) is 1.07.